The largest absolute Gasteiger partial charge is 0.481 e. The molecule has 1 aromatic rings. The lowest BCUT2D eigenvalue weighted by molar-refractivity contribution is -0.136. The molecule has 0 radical (unpaired) electrons. The second kappa shape index (κ2) is 7.92. The Balaban J connectivity index is 3.01. The highest BCUT2D eigenvalue weighted by atomic mass is 32.2. The van der Waals surface area contributed by atoms with Crippen molar-refractivity contribution in [1.29, 1.82) is 0 Å². The summed E-state index contributed by atoms with van der Waals surface area (Å²) in [6.07, 6.45) is 0.398. The highest BCUT2D eigenvalue weighted by molar-refractivity contribution is 7.99. The molecule has 8 heteroatoms. The molecule has 0 aromatic carbocycles. The van der Waals surface area contributed by atoms with E-state index in [1.807, 2.05) is 20.8 Å². The van der Waals surface area contributed by atoms with Crippen LogP contribution in [0, 0.1) is 5.41 Å². The van der Waals surface area contributed by atoms with Crippen LogP contribution in [0.2, 0.25) is 0 Å². The predicted octanol–water partition coefficient (Wildman–Crippen LogP) is 2.77. The molecule has 0 saturated heterocycles. The molecule has 0 amide bonds. The van der Waals surface area contributed by atoms with Crippen LogP contribution in [0.4, 0.5) is 0 Å². The number of aromatic nitrogens is 2. The fourth-order valence-corrected chi connectivity index (χ4v) is 3.19. The fraction of sp³-hybridized carbons (Fsp3) is 0.643. The van der Waals surface area contributed by atoms with Gasteiger partial charge in [0.2, 0.25) is 11.8 Å². The summed E-state index contributed by atoms with van der Waals surface area (Å²) in [5, 5.41) is 8.80. The monoisotopic (exact) mass is 346 g/mol. The van der Waals surface area contributed by atoms with Gasteiger partial charge < -0.3 is 14.6 Å². The van der Waals surface area contributed by atoms with Crippen LogP contribution in [0.5, 0.6) is 11.8 Å². The second-order valence-corrected chi connectivity index (χ2v) is 7.59. The third-order valence-electron chi connectivity index (χ3n) is 3.01. The van der Waals surface area contributed by atoms with Gasteiger partial charge in [0.1, 0.15) is 5.25 Å². The molecule has 6 nitrogen and oxygen atoms in total. The van der Waals surface area contributed by atoms with E-state index < -0.39 is 11.2 Å². The Hall–Kier alpha value is -1.15. The first kappa shape index (κ1) is 18.9. The molecule has 0 saturated carbocycles. The average molecular weight is 346 g/mol. The minimum atomic E-state index is -0.928. The zero-order valence-corrected chi connectivity index (χ0v) is 15.1. The molecule has 2 atom stereocenters. The van der Waals surface area contributed by atoms with Crippen LogP contribution in [-0.4, -0.2) is 45.8 Å². The van der Waals surface area contributed by atoms with Crippen molar-refractivity contribution < 1.29 is 19.4 Å². The van der Waals surface area contributed by atoms with Gasteiger partial charge in [0.25, 0.3) is 0 Å². The molecule has 1 aromatic heterocycles. The van der Waals surface area contributed by atoms with Crippen molar-refractivity contribution in [2.75, 3.05) is 14.2 Å². The molecular formula is C14H22N2O4S2. The predicted molar refractivity (Wildman–Crippen MR) is 89.3 cm³/mol. The van der Waals surface area contributed by atoms with Gasteiger partial charge in [-0.3, -0.25) is 4.79 Å². The van der Waals surface area contributed by atoms with E-state index in [2.05, 4.69) is 22.6 Å². The lowest BCUT2D eigenvalue weighted by Gasteiger charge is -2.30. The molecule has 0 aliphatic rings. The molecular weight excluding hydrogens is 324 g/mol. The van der Waals surface area contributed by atoms with Gasteiger partial charge in [-0.2, -0.15) is 22.6 Å². The number of aliphatic carboxylic acids is 1. The third kappa shape index (κ3) is 5.57. The van der Waals surface area contributed by atoms with Gasteiger partial charge in [-0.15, -0.1) is 0 Å². The Bertz CT molecular complexity index is 498. The van der Waals surface area contributed by atoms with Gasteiger partial charge in [-0.1, -0.05) is 32.5 Å². The van der Waals surface area contributed by atoms with E-state index in [4.69, 9.17) is 14.6 Å². The molecule has 1 N–H and O–H groups in total. The normalized spacial score (nSPS) is 14.3. The SMILES string of the molecule is COc1cc(OC)nc(SC(CC(S)C(=O)O)C(C)(C)C)n1. The summed E-state index contributed by atoms with van der Waals surface area (Å²) in [5.41, 5.74) is -0.138. The van der Waals surface area contributed by atoms with Gasteiger partial charge in [-0.25, -0.2) is 0 Å². The summed E-state index contributed by atoms with van der Waals surface area (Å²) in [5.74, 6) is -0.118. The number of hydrogen-bond donors (Lipinski definition) is 2. The molecule has 1 rings (SSSR count). The summed E-state index contributed by atoms with van der Waals surface area (Å²) >= 11 is 5.54. The molecule has 0 fully saturated rings. The minimum absolute atomic E-state index is 0.0251. The lowest BCUT2D eigenvalue weighted by atomic mass is 9.89. The van der Waals surface area contributed by atoms with E-state index in [-0.39, 0.29) is 10.7 Å². The summed E-state index contributed by atoms with van der Waals surface area (Å²) in [4.78, 5) is 19.6. The summed E-state index contributed by atoms with van der Waals surface area (Å²) < 4.78 is 10.3. The zero-order chi connectivity index (χ0) is 16.9. The number of rotatable bonds is 7. The molecule has 2 unspecified atom stereocenters. The maximum atomic E-state index is 11.1. The molecule has 1 heterocycles. The maximum Gasteiger partial charge on any atom is 0.316 e. The number of nitrogens with zero attached hydrogens (tertiary/aromatic N) is 2. The van der Waals surface area contributed by atoms with E-state index in [0.29, 0.717) is 23.3 Å². The fourth-order valence-electron chi connectivity index (χ4n) is 1.65. The van der Waals surface area contributed by atoms with Crippen molar-refractivity contribution in [3.05, 3.63) is 6.07 Å². The molecule has 0 bridgehead atoms. The summed E-state index contributed by atoms with van der Waals surface area (Å²) in [6, 6.07) is 1.59. The second-order valence-electron chi connectivity index (χ2n) is 5.80. The van der Waals surface area contributed by atoms with Gasteiger partial charge in [0, 0.05) is 5.25 Å². The average Bonchev–Trinajstić information content (AvgIpc) is 2.44. The highest BCUT2D eigenvalue weighted by Crippen LogP contribution is 2.38. The Morgan fingerprint density at radius 2 is 1.82 bits per heavy atom. The highest BCUT2D eigenvalue weighted by Gasteiger charge is 2.31. The van der Waals surface area contributed by atoms with Crippen LogP contribution in [0.15, 0.2) is 11.2 Å². The quantitative estimate of drug-likeness (QED) is 0.446. The van der Waals surface area contributed by atoms with Crippen molar-refractivity contribution in [1.82, 2.24) is 9.97 Å². The van der Waals surface area contributed by atoms with Crippen LogP contribution < -0.4 is 9.47 Å². The van der Waals surface area contributed by atoms with E-state index in [1.54, 1.807) is 6.07 Å². The standard InChI is InChI=1S/C14H22N2O4S2/c1-14(2,3)9(6-8(21)12(17)18)22-13-15-10(19-4)7-11(16-13)20-5/h7-9,21H,6H2,1-5H3,(H,17,18). The Morgan fingerprint density at radius 1 is 1.32 bits per heavy atom. The first-order chi connectivity index (χ1) is 10.2. The number of thiol groups is 1. The van der Waals surface area contributed by atoms with Gasteiger partial charge >= 0.3 is 5.97 Å². The van der Waals surface area contributed by atoms with E-state index in [0.717, 1.165) is 0 Å². The number of carboxylic acid groups (broad SMARTS) is 1. The van der Waals surface area contributed by atoms with Crippen molar-refractivity contribution in [2.24, 2.45) is 5.41 Å². The van der Waals surface area contributed by atoms with Crippen LogP contribution in [0.1, 0.15) is 27.2 Å². The van der Waals surface area contributed by atoms with Crippen LogP contribution in [0.25, 0.3) is 0 Å². The van der Waals surface area contributed by atoms with Crippen molar-refractivity contribution in [3.63, 3.8) is 0 Å². The van der Waals surface area contributed by atoms with E-state index in [9.17, 15) is 4.79 Å². The van der Waals surface area contributed by atoms with E-state index in [1.165, 1.54) is 26.0 Å². The van der Waals surface area contributed by atoms with Crippen LogP contribution in [0.3, 0.4) is 0 Å². The van der Waals surface area contributed by atoms with E-state index >= 15 is 0 Å². The number of methoxy groups -OCH3 is 2. The van der Waals surface area contributed by atoms with Crippen molar-refractivity contribution in [2.45, 2.75) is 42.8 Å². The summed E-state index contributed by atoms with van der Waals surface area (Å²) in [6.45, 7) is 6.14. The number of hydrogen-bond acceptors (Lipinski definition) is 7. The zero-order valence-electron chi connectivity index (χ0n) is 13.4. The first-order valence-electron chi connectivity index (χ1n) is 6.72. The van der Waals surface area contributed by atoms with Gasteiger partial charge in [-0.05, 0) is 11.8 Å². The van der Waals surface area contributed by atoms with Gasteiger partial charge in [0.15, 0.2) is 5.16 Å². The van der Waals surface area contributed by atoms with Gasteiger partial charge in [0.05, 0.1) is 20.3 Å². The maximum absolute atomic E-state index is 11.1. The van der Waals surface area contributed by atoms with Crippen LogP contribution in [-0.2, 0) is 4.79 Å². The topological polar surface area (TPSA) is 81.5 Å². The number of carboxylic acids is 1. The van der Waals surface area contributed by atoms with Crippen LogP contribution >= 0.6 is 24.4 Å². The third-order valence-corrected chi connectivity index (χ3v) is 5.02. The van der Waals surface area contributed by atoms with Crippen molar-refractivity contribution in [3.8, 4) is 11.8 Å². The van der Waals surface area contributed by atoms with Crippen molar-refractivity contribution >= 4 is 30.4 Å². The summed E-state index contributed by atoms with van der Waals surface area (Å²) in [7, 11) is 3.04. The Morgan fingerprint density at radius 3 is 2.18 bits per heavy atom. The number of carbonyl (C=O) groups is 1. The number of ether oxygens (including phenoxy) is 2. The molecule has 0 aliphatic carbocycles. The molecule has 0 spiro atoms. The Kier molecular flexibility index (Phi) is 6.80. The molecule has 22 heavy (non-hydrogen) atoms. The molecule has 0 aliphatic heterocycles. The number of thioether (sulfide) groups is 1. The first-order valence-corrected chi connectivity index (χ1v) is 8.11. The smallest absolute Gasteiger partial charge is 0.316 e. The molecule has 124 valence electrons. The minimum Gasteiger partial charge on any atom is -0.481 e. The lowest BCUT2D eigenvalue weighted by Crippen LogP contribution is -2.29. The Labute approximate surface area is 140 Å².